The van der Waals surface area contributed by atoms with Crippen molar-refractivity contribution in [3.63, 3.8) is 0 Å². The number of hydrogen-bond donors (Lipinski definition) is 1. The van der Waals surface area contributed by atoms with E-state index in [2.05, 4.69) is 15.5 Å². The Hall–Kier alpha value is -1.60. The highest BCUT2D eigenvalue weighted by molar-refractivity contribution is 8.02. The highest BCUT2D eigenvalue weighted by Gasteiger charge is 2.24. The fraction of sp³-hybridized carbons (Fsp3) is 0.400. The van der Waals surface area contributed by atoms with E-state index >= 15 is 0 Å². The Morgan fingerprint density at radius 3 is 3.00 bits per heavy atom. The molecule has 1 fully saturated rings. The molecule has 1 heterocycles. The summed E-state index contributed by atoms with van der Waals surface area (Å²) in [7, 11) is 1.64. The van der Waals surface area contributed by atoms with Gasteiger partial charge in [0.1, 0.15) is 11.5 Å². The molecule has 0 saturated heterocycles. The average molecular weight is 335 g/mol. The van der Waals surface area contributed by atoms with Gasteiger partial charge in [-0.15, -0.1) is 10.2 Å². The van der Waals surface area contributed by atoms with Gasteiger partial charge in [0.2, 0.25) is 5.13 Å². The molecule has 0 bridgehead atoms. The molecule has 0 radical (unpaired) electrons. The van der Waals surface area contributed by atoms with Gasteiger partial charge >= 0.3 is 0 Å². The number of carbonyl (C=O) groups is 1. The standard InChI is InChI=1S/C15H17N3O2S2/c1-20-12-8-4-2-6-10(12)16-14-17-18-15(22-14)21-13-9-5-3-7-11(13)19/h2,4,6,8,13H,3,5,7,9H2,1H3,(H,16,17). The van der Waals surface area contributed by atoms with E-state index in [4.69, 9.17) is 4.74 Å². The van der Waals surface area contributed by atoms with Crippen LogP contribution in [0.15, 0.2) is 28.6 Å². The zero-order valence-electron chi connectivity index (χ0n) is 12.2. The second-order valence-corrected chi connectivity index (χ2v) is 7.44. The van der Waals surface area contributed by atoms with Crippen molar-refractivity contribution in [1.82, 2.24) is 10.2 Å². The van der Waals surface area contributed by atoms with Crippen molar-refractivity contribution in [2.24, 2.45) is 0 Å². The number of aromatic nitrogens is 2. The van der Waals surface area contributed by atoms with Gasteiger partial charge in [0, 0.05) is 6.42 Å². The van der Waals surface area contributed by atoms with E-state index < -0.39 is 0 Å². The van der Waals surface area contributed by atoms with Crippen molar-refractivity contribution in [2.45, 2.75) is 35.3 Å². The minimum absolute atomic E-state index is 0.0424. The number of ketones is 1. The number of benzene rings is 1. The number of Topliss-reactive ketones (excluding diaryl/α,β-unsaturated/α-hetero) is 1. The van der Waals surface area contributed by atoms with E-state index in [1.54, 1.807) is 7.11 Å². The maximum Gasteiger partial charge on any atom is 0.210 e. The lowest BCUT2D eigenvalue weighted by atomic mass is 9.99. The molecule has 0 amide bonds. The molecule has 1 unspecified atom stereocenters. The van der Waals surface area contributed by atoms with Crippen molar-refractivity contribution >= 4 is 39.7 Å². The lowest BCUT2D eigenvalue weighted by Crippen LogP contribution is -2.21. The van der Waals surface area contributed by atoms with Crippen LogP contribution in [0.3, 0.4) is 0 Å². The number of para-hydroxylation sites is 2. The highest BCUT2D eigenvalue weighted by Crippen LogP contribution is 2.36. The third-order valence-corrected chi connectivity index (χ3v) is 5.74. The first-order chi connectivity index (χ1) is 10.8. The van der Waals surface area contributed by atoms with E-state index in [1.807, 2.05) is 24.3 Å². The molecule has 0 spiro atoms. The molecule has 22 heavy (non-hydrogen) atoms. The van der Waals surface area contributed by atoms with Crippen LogP contribution in [-0.2, 0) is 4.79 Å². The molecule has 116 valence electrons. The van der Waals surface area contributed by atoms with Crippen molar-refractivity contribution in [3.8, 4) is 5.75 Å². The van der Waals surface area contributed by atoms with Gasteiger partial charge in [0.05, 0.1) is 18.0 Å². The van der Waals surface area contributed by atoms with Crippen LogP contribution in [0.2, 0.25) is 0 Å². The predicted octanol–water partition coefficient (Wildman–Crippen LogP) is 3.89. The molecule has 1 aliphatic carbocycles. The minimum Gasteiger partial charge on any atom is -0.495 e. The Balaban J connectivity index is 1.67. The lowest BCUT2D eigenvalue weighted by Gasteiger charge is -2.18. The van der Waals surface area contributed by atoms with Gasteiger partial charge in [0.25, 0.3) is 0 Å². The summed E-state index contributed by atoms with van der Waals surface area (Å²) in [4.78, 5) is 11.9. The van der Waals surface area contributed by atoms with Gasteiger partial charge in [-0.3, -0.25) is 4.79 Å². The molecule has 1 N–H and O–H groups in total. The maximum atomic E-state index is 11.9. The molecule has 1 aromatic carbocycles. The quantitative estimate of drug-likeness (QED) is 0.894. The largest absolute Gasteiger partial charge is 0.495 e. The van der Waals surface area contributed by atoms with Gasteiger partial charge in [0.15, 0.2) is 4.34 Å². The molecule has 2 aromatic rings. The van der Waals surface area contributed by atoms with Gasteiger partial charge < -0.3 is 10.1 Å². The summed E-state index contributed by atoms with van der Waals surface area (Å²) in [6.07, 6.45) is 3.78. The van der Waals surface area contributed by atoms with Crippen molar-refractivity contribution in [1.29, 1.82) is 0 Å². The molecule has 1 atom stereocenters. The van der Waals surface area contributed by atoms with E-state index in [0.29, 0.717) is 17.3 Å². The molecule has 1 aromatic heterocycles. The lowest BCUT2D eigenvalue weighted by molar-refractivity contribution is -0.119. The average Bonchev–Trinajstić information content (AvgIpc) is 2.97. The Kier molecular flexibility index (Phi) is 4.94. The number of methoxy groups -OCH3 is 1. The number of nitrogens with zero attached hydrogens (tertiary/aromatic N) is 2. The summed E-state index contributed by atoms with van der Waals surface area (Å²) in [5.74, 6) is 1.10. The summed E-state index contributed by atoms with van der Waals surface area (Å²) in [6, 6.07) is 7.67. The van der Waals surface area contributed by atoms with Crippen LogP contribution in [0.4, 0.5) is 10.8 Å². The molecular formula is C15H17N3O2S2. The summed E-state index contributed by atoms with van der Waals surface area (Å²) in [5, 5.41) is 12.3. The van der Waals surface area contributed by atoms with Gasteiger partial charge in [-0.05, 0) is 25.0 Å². The Labute approximate surface area is 137 Å². The van der Waals surface area contributed by atoms with Crippen molar-refractivity contribution in [2.75, 3.05) is 12.4 Å². The molecule has 5 nitrogen and oxygen atoms in total. The fourth-order valence-corrected chi connectivity index (χ4v) is 4.50. The molecule has 1 saturated carbocycles. The second kappa shape index (κ2) is 7.11. The van der Waals surface area contributed by atoms with E-state index in [9.17, 15) is 4.79 Å². The first kappa shape index (κ1) is 15.3. The molecule has 3 rings (SSSR count). The topological polar surface area (TPSA) is 64.1 Å². The van der Waals surface area contributed by atoms with Crippen LogP contribution >= 0.6 is 23.1 Å². The highest BCUT2D eigenvalue weighted by atomic mass is 32.2. The van der Waals surface area contributed by atoms with Gasteiger partial charge in [-0.25, -0.2) is 0 Å². The normalized spacial score (nSPS) is 18.2. The van der Waals surface area contributed by atoms with E-state index in [-0.39, 0.29) is 5.25 Å². The third-order valence-electron chi connectivity index (χ3n) is 3.50. The Bertz CT molecular complexity index is 660. The summed E-state index contributed by atoms with van der Waals surface area (Å²) < 4.78 is 6.14. The molecule has 7 heteroatoms. The third kappa shape index (κ3) is 3.59. The Morgan fingerprint density at radius 1 is 1.32 bits per heavy atom. The number of anilines is 2. The van der Waals surface area contributed by atoms with E-state index in [0.717, 1.165) is 35.0 Å². The van der Waals surface area contributed by atoms with Crippen LogP contribution < -0.4 is 10.1 Å². The number of carbonyl (C=O) groups excluding carboxylic acids is 1. The fourth-order valence-electron chi connectivity index (χ4n) is 2.37. The van der Waals surface area contributed by atoms with E-state index in [1.165, 1.54) is 23.1 Å². The van der Waals surface area contributed by atoms with Gasteiger partial charge in [-0.2, -0.15) is 0 Å². The van der Waals surface area contributed by atoms with Crippen LogP contribution in [0.5, 0.6) is 5.75 Å². The van der Waals surface area contributed by atoms with Gasteiger partial charge in [-0.1, -0.05) is 41.7 Å². The van der Waals surface area contributed by atoms with Crippen LogP contribution in [0.1, 0.15) is 25.7 Å². The van der Waals surface area contributed by atoms with Crippen LogP contribution in [0, 0.1) is 0 Å². The van der Waals surface area contributed by atoms with Crippen molar-refractivity contribution < 1.29 is 9.53 Å². The number of nitrogens with one attached hydrogen (secondary N) is 1. The van der Waals surface area contributed by atoms with Crippen LogP contribution in [-0.4, -0.2) is 28.3 Å². The smallest absolute Gasteiger partial charge is 0.210 e. The minimum atomic E-state index is 0.0424. The molecule has 1 aliphatic rings. The zero-order chi connectivity index (χ0) is 15.4. The number of thioether (sulfide) groups is 1. The molecular weight excluding hydrogens is 318 g/mol. The monoisotopic (exact) mass is 335 g/mol. The molecule has 0 aliphatic heterocycles. The first-order valence-electron chi connectivity index (χ1n) is 7.19. The number of rotatable bonds is 5. The SMILES string of the molecule is COc1ccccc1Nc1nnc(SC2CCCCC2=O)s1. The second-order valence-electron chi connectivity index (χ2n) is 5.02. The predicted molar refractivity (Wildman–Crippen MR) is 89.3 cm³/mol. The zero-order valence-corrected chi connectivity index (χ0v) is 13.9. The maximum absolute atomic E-state index is 11.9. The summed E-state index contributed by atoms with van der Waals surface area (Å²) >= 11 is 3.00. The summed E-state index contributed by atoms with van der Waals surface area (Å²) in [5.41, 5.74) is 0.853. The Morgan fingerprint density at radius 2 is 2.18 bits per heavy atom. The number of ether oxygens (including phenoxy) is 1. The van der Waals surface area contributed by atoms with Crippen molar-refractivity contribution in [3.05, 3.63) is 24.3 Å². The summed E-state index contributed by atoms with van der Waals surface area (Å²) in [6.45, 7) is 0. The van der Waals surface area contributed by atoms with Crippen LogP contribution in [0.25, 0.3) is 0 Å². The number of hydrogen-bond acceptors (Lipinski definition) is 7. The first-order valence-corrected chi connectivity index (χ1v) is 8.89.